The van der Waals surface area contributed by atoms with Crippen LogP contribution in [0, 0.1) is 0 Å². The van der Waals surface area contributed by atoms with Crippen LogP contribution in [0.1, 0.15) is 232 Å². The third kappa shape index (κ3) is 35.1. The summed E-state index contributed by atoms with van der Waals surface area (Å²) in [5.74, 6) is -0.269. The van der Waals surface area contributed by atoms with E-state index in [1.807, 2.05) is 6.08 Å². The fourth-order valence-electron chi connectivity index (χ4n) is 8.31. The maximum atomic E-state index is 13.1. The van der Waals surface area contributed by atoms with Crippen LogP contribution in [-0.2, 0) is 28.9 Å². The van der Waals surface area contributed by atoms with Crippen LogP contribution in [0.3, 0.4) is 0 Å². The van der Waals surface area contributed by atoms with Crippen LogP contribution in [0.4, 0.5) is 0 Å². The first-order chi connectivity index (χ1) is 31.5. The summed E-state index contributed by atoms with van der Waals surface area (Å²) in [5, 5.41) is 44.8. The van der Waals surface area contributed by atoms with Gasteiger partial charge in [0.1, 0.15) is 24.4 Å². The number of hydrogen-bond acceptors (Lipinski definition) is 10. The average Bonchev–Trinajstić information content (AvgIpc) is 3.28. The minimum Gasteiger partial charge on any atom is -0.394 e. The van der Waals surface area contributed by atoms with Gasteiger partial charge in [0.15, 0.2) is 6.29 Å². The van der Waals surface area contributed by atoms with Crippen LogP contribution >= 0.6 is 0 Å². The Morgan fingerprint density at radius 3 is 1.46 bits per heavy atom. The van der Waals surface area contributed by atoms with Crippen LogP contribution in [0.2, 0.25) is 0 Å². The van der Waals surface area contributed by atoms with E-state index in [0.29, 0.717) is 6.42 Å². The van der Waals surface area contributed by atoms with Gasteiger partial charge in [-0.2, -0.15) is 8.42 Å². The molecular weight excluding hydrogens is 847 g/mol. The Bertz CT molecular complexity index is 1300. The summed E-state index contributed by atoms with van der Waals surface area (Å²) < 4.78 is 47.7. The number of nitrogens with one attached hydrogen (secondary N) is 1. The second kappa shape index (κ2) is 42.4. The van der Waals surface area contributed by atoms with Crippen LogP contribution in [0.15, 0.2) is 36.5 Å². The van der Waals surface area contributed by atoms with Gasteiger partial charge in [0.25, 0.3) is 0 Å². The highest BCUT2D eigenvalue weighted by Gasteiger charge is 2.48. The summed E-state index contributed by atoms with van der Waals surface area (Å²) in [6, 6.07) is -0.948. The molecule has 0 saturated carbocycles. The van der Waals surface area contributed by atoms with Crippen molar-refractivity contribution in [2.45, 2.75) is 275 Å². The highest BCUT2D eigenvalue weighted by molar-refractivity contribution is 7.80. The maximum Gasteiger partial charge on any atom is 0.397 e. The first kappa shape index (κ1) is 61.3. The Labute approximate surface area is 396 Å². The monoisotopic (exact) mass is 944 g/mol. The molecule has 0 radical (unpaired) electrons. The molecule has 1 amide bonds. The molecule has 1 saturated heterocycles. The smallest absolute Gasteiger partial charge is 0.394 e. The summed E-state index contributed by atoms with van der Waals surface area (Å²) in [5.41, 5.74) is 0. The van der Waals surface area contributed by atoms with Crippen LogP contribution in [-0.4, -0.2) is 95.4 Å². The fourth-order valence-corrected chi connectivity index (χ4v) is 8.82. The van der Waals surface area contributed by atoms with Gasteiger partial charge in [-0.25, -0.2) is 4.18 Å². The van der Waals surface area contributed by atoms with E-state index in [9.17, 15) is 38.2 Å². The van der Waals surface area contributed by atoms with E-state index in [0.717, 1.165) is 57.8 Å². The quantitative estimate of drug-likeness (QED) is 0.0193. The van der Waals surface area contributed by atoms with Crippen molar-refractivity contribution in [2.24, 2.45) is 0 Å². The third-order valence-corrected chi connectivity index (χ3v) is 12.9. The predicted octanol–water partition coefficient (Wildman–Crippen LogP) is 11.4. The minimum absolute atomic E-state index is 0.260. The van der Waals surface area contributed by atoms with Gasteiger partial charge < -0.3 is 35.2 Å². The molecule has 0 aromatic heterocycles. The Balaban J connectivity index is 2.43. The van der Waals surface area contributed by atoms with Crippen LogP contribution < -0.4 is 5.32 Å². The second-order valence-electron chi connectivity index (χ2n) is 18.5. The first-order valence-corrected chi connectivity index (χ1v) is 27.7. The number of carbonyl (C=O) groups is 1. The molecule has 0 bridgehead atoms. The zero-order valence-electron chi connectivity index (χ0n) is 41.1. The number of ether oxygens (including phenoxy) is 2. The maximum absolute atomic E-state index is 13.1. The summed E-state index contributed by atoms with van der Waals surface area (Å²) in [4.78, 5) is 13.1. The molecule has 12 nitrogen and oxygen atoms in total. The SMILES string of the molecule is CCCCCCCCCCC/C=C\C/C=C\CCCCCCCCCC(=O)NC(COC1OC(CO)C(O)C(OS(=O)(=O)O)C1O)C(O)/C=C/CCCCCCCCCCCCCCC. The number of aliphatic hydroxyl groups is 4. The highest BCUT2D eigenvalue weighted by Crippen LogP contribution is 2.26. The van der Waals surface area contributed by atoms with E-state index in [2.05, 4.69) is 47.7 Å². The molecule has 1 aliphatic heterocycles. The molecule has 0 aliphatic carbocycles. The van der Waals surface area contributed by atoms with Gasteiger partial charge in [0, 0.05) is 6.42 Å². The lowest BCUT2D eigenvalue weighted by atomic mass is 9.99. The number of rotatable bonds is 45. The van der Waals surface area contributed by atoms with Gasteiger partial charge in [-0.15, -0.1) is 0 Å². The van der Waals surface area contributed by atoms with E-state index >= 15 is 0 Å². The number of amides is 1. The van der Waals surface area contributed by atoms with Crippen molar-refractivity contribution in [1.82, 2.24) is 5.32 Å². The van der Waals surface area contributed by atoms with Crippen molar-refractivity contribution < 1.29 is 51.8 Å². The van der Waals surface area contributed by atoms with Crippen molar-refractivity contribution in [3.05, 3.63) is 36.5 Å². The van der Waals surface area contributed by atoms with Crippen molar-refractivity contribution in [1.29, 1.82) is 0 Å². The number of hydrogen-bond donors (Lipinski definition) is 6. The van der Waals surface area contributed by atoms with Crippen LogP contribution in [0.25, 0.3) is 0 Å². The summed E-state index contributed by atoms with van der Waals surface area (Å²) in [6.07, 6.45) is 43.2. The molecule has 65 heavy (non-hydrogen) atoms. The normalized spacial score (nSPS) is 20.4. The van der Waals surface area contributed by atoms with E-state index in [-0.39, 0.29) is 18.9 Å². The lowest BCUT2D eigenvalue weighted by molar-refractivity contribution is -0.298. The zero-order valence-corrected chi connectivity index (χ0v) is 41.9. The molecule has 1 rings (SSSR count). The molecule has 0 spiro atoms. The zero-order chi connectivity index (χ0) is 47.6. The molecule has 0 aromatic rings. The minimum atomic E-state index is -5.09. The molecule has 13 heteroatoms. The van der Waals surface area contributed by atoms with Crippen molar-refractivity contribution in [3.8, 4) is 0 Å². The van der Waals surface area contributed by atoms with Gasteiger partial charge >= 0.3 is 10.4 Å². The largest absolute Gasteiger partial charge is 0.397 e. The van der Waals surface area contributed by atoms with Crippen molar-refractivity contribution in [3.63, 3.8) is 0 Å². The van der Waals surface area contributed by atoms with Crippen molar-refractivity contribution >= 4 is 16.3 Å². The molecule has 382 valence electrons. The molecular formula is C52H97NO11S. The Hall–Kier alpha value is -1.68. The summed E-state index contributed by atoms with van der Waals surface area (Å²) in [7, 11) is -5.09. The predicted molar refractivity (Wildman–Crippen MR) is 264 cm³/mol. The molecule has 7 atom stereocenters. The molecule has 1 heterocycles. The number of allylic oxidation sites excluding steroid dienone is 5. The Morgan fingerprint density at radius 2 is 1.03 bits per heavy atom. The van der Waals surface area contributed by atoms with Gasteiger partial charge in [-0.3, -0.25) is 9.35 Å². The van der Waals surface area contributed by atoms with Gasteiger partial charge in [0.2, 0.25) is 5.91 Å². The lowest BCUT2D eigenvalue weighted by Crippen LogP contribution is -2.61. The molecule has 7 unspecified atom stereocenters. The highest BCUT2D eigenvalue weighted by atomic mass is 32.3. The topological polar surface area (TPSA) is 192 Å². The molecule has 1 fully saturated rings. The van der Waals surface area contributed by atoms with E-state index in [1.54, 1.807) is 6.08 Å². The number of carbonyl (C=O) groups excluding carboxylic acids is 1. The summed E-state index contributed by atoms with van der Waals surface area (Å²) >= 11 is 0. The van der Waals surface area contributed by atoms with Gasteiger partial charge in [0.05, 0.1) is 25.4 Å². The van der Waals surface area contributed by atoms with Crippen molar-refractivity contribution in [2.75, 3.05) is 13.2 Å². The van der Waals surface area contributed by atoms with E-state index in [1.165, 1.54) is 148 Å². The molecule has 6 N–H and O–H groups in total. The van der Waals surface area contributed by atoms with Crippen LogP contribution in [0.5, 0.6) is 0 Å². The number of unbranched alkanes of at least 4 members (excludes halogenated alkanes) is 29. The molecule has 1 aliphatic rings. The lowest BCUT2D eigenvalue weighted by Gasteiger charge is -2.41. The van der Waals surface area contributed by atoms with E-state index < -0.39 is 59.9 Å². The van der Waals surface area contributed by atoms with Gasteiger partial charge in [-0.1, -0.05) is 211 Å². The average molecular weight is 944 g/mol. The van der Waals surface area contributed by atoms with Gasteiger partial charge in [-0.05, 0) is 51.4 Å². The fraction of sp³-hybridized carbons (Fsp3) is 0.865. The second-order valence-corrected chi connectivity index (χ2v) is 19.5. The Kier molecular flexibility index (Phi) is 40.0. The summed E-state index contributed by atoms with van der Waals surface area (Å²) in [6.45, 7) is 3.40. The van der Waals surface area contributed by atoms with E-state index in [4.69, 9.17) is 9.47 Å². The third-order valence-electron chi connectivity index (χ3n) is 12.4. The molecule has 0 aromatic carbocycles. The first-order valence-electron chi connectivity index (χ1n) is 26.4. The number of aliphatic hydroxyl groups excluding tert-OH is 4. The standard InChI is InChI=1S/C52H97NO11S/c1-3-5-7-9-11-13-15-17-19-20-21-22-23-24-25-26-28-30-32-34-36-38-40-42-48(56)53-45(44-62-52-50(58)51(64-65(59,60)61)49(57)47(43-54)63-52)46(55)41-39-37-35-33-31-29-27-18-16-14-12-10-8-6-4-2/h21-22,24-25,39,41,45-47,49-52,54-55,57-58H,3-20,23,26-38,40,42-44H2,1-2H3,(H,53,56)(H,59,60,61)/b22-21-,25-24-,41-39+. The Morgan fingerprint density at radius 1 is 0.615 bits per heavy atom.